The Morgan fingerprint density at radius 3 is 2.54 bits per heavy atom. The summed E-state index contributed by atoms with van der Waals surface area (Å²) in [7, 11) is 1.78. The molecule has 3 heterocycles. The molecule has 4 rings (SSSR count). The van der Waals surface area contributed by atoms with E-state index in [-0.39, 0.29) is 11.9 Å². The van der Waals surface area contributed by atoms with E-state index in [1.54, 1.807) is 47.3 Å². The van der Waals surface area contributed by atoms with E-state index in [1.807, 2.05) is 48.5 Å². The molecule has 0 fully saturated rings. The maximum atomic E-state index is 13.2. The van der Waals surface area contributed by atoms with Gasteiger partial charge in [0.05, 0.1) is 17.9 Å². The van der Waals surface area contributed by atoms with Crippen LogP contribution in [0.15, 0.2) is 79.4 Å². The maximum absolute atomic E-state index is 13.2. The van der Waals surface area contributed by atoms with Crippen LogP contribution in [0.2, 0.25) is 0 Å². The van der Waals surface area contributed by atoms with Gasteiger partial charge < -0.3 is 4.90 Å². The summed E-state index contributed by atoms with van der Waals surface area (Å²) in [6.07, 6.45) is 6.72. The number of amides is 1. The fraction of sp³-hybridized carbons (Fsp3) is 0.100. The first-order valence-electron chi connectivity index (χ1n) is 8.27. The standard InChI is InChI=1S/C20H17N5O/c1-24(20(26)16-14-23-25-13-7-12-22-19(16)25)18(15-8-3-2-4-9-15)17-10-5-6-11-21-17/h2-14,18H,1H3/t18-/m1/s1. The predicted octanol–water partition coefficient (Wildman–Crippen LogP) is 2.99. The van der Waals surface area contributed by atoms with Gasteiger partial charge in [-0.15, -0.1) is 0 Å². The van der Waals surface area contributed by atoms with Crippen molar-refractivity contribution in [1.29, 1.82) is 0 Å². The third-order valence-electron chi connectivity index (χ3n) is 4.30. The molecule has 128 valence electrons. The molecular weight excluding hydrogens is 326 g/mol. The first kappa shape index (κ1) is 16.0. The van der Waals surface area contributed by atoms with Gasteiger partial charge in [0, 0.05) is 25.6 Å². The Bertz CT molecular complexity index is 990. The summed E-state index contributed by atoms with van der Waals surface area (Å²) in [6.45, 7) is 0. The molecule has 1 atom stereocenters. The van der Waals surface area contributed by atoms with Gasteiger partial charge in [-0.2, -0.15) is 5.10 Å². The van der Waals surface area contributed by atoms with Gasteiger partial charge in [0.2, 0.25) is 0 Å². The molecule has 0 aliphatic heterocycles. The highest BCUT2D eigenvalue weighted by Crippen LogP contribution is 2.27. The SMILES string of the molecule is CN(C(=O)c1cnn2cccnc12)[C@H](c1ccccc1)c1ccccn1. The Morgan fingerprint density at radius 2 is 1.77 bits per heavy atom. The smallest absolute Gasteiger partial charge is 0.259 e. The number of hydrogen-bond acceptors (Lipinski definition) is 4. The van der Waals surface area contributed by atoms with Gasteiger partial charge in [0.1, 0.15) is 5.56 Å². The minimum absolute atomic E-state index is 0.154. The van der Waals surface area contributed by atoms with E-state index >= 15 is 0 Å². The molecule has 0 spiro atoms. The highest BCUT2D eigenvalue weighted by Gasteiger charge is 2.27. The van der Waals surface area contributed by atoms with Crippen LogP contribution >= 0.6 is 0 Å². The number of fused-ring (bicyclic) bond motifs is 1. The fourth-order valence-corrected chi connectivity index (χ4v) is 3.05. The minimum Gasteiger partial charge on any atom is -0.329 e. The summed E-state index contributed by atoms with van der Waals surface area (Å²) in [5, 5.41) is 4.22. The molecular formula is C20H17N5O. The van der Waals surface area contributed by atoms with E-state index in [2.05, 4.69) is 15.1 Å². The van der Waals surface area contributed by atoms with Crippen LogP contribution in [0.25, 0.3) is 5.65 Å². The lowest BCUT2D eigenvalue weighted by Crippen LogP contribution is -2.32. The van der Waals surface area contributed by atoms with Gasteiger partial charge in [-0.1, -0.05) is 36.4 Å². The number of hydrogen-bond donors (Lipinski definition) is 0. The number of pyridine rings is 1. The number of rotatable bonds is 4. The normalized spacial score (nSPS) is 12.0. The second kappa shape index (κ2) is 6.76. The van der Waals surface area contributed by atoms with E-state index in [0.29, 0.717) is 11.2 Å². The number of nitrogens with zero attached hydrogens (tertiary/aromatic N) is 5. The van der Waals surface area contributed by atoms with Crippen molar-refractivity contribution in [3.05, 3.63) is 96.2 Å². The van der Waals surface area contributed by atoms with Crippen LogP contribution in [0.4, 0.5) is 0 Å². The number of benzene rings is 1. The van der Waals surface area contributed by atoms with Crippen molar-refractivity contribution in [2.24, 2.45) is 0 Å². The largest absolute Gasteiger partial charge is 0.329 e. The highest BCUT2D eigenvalue weighted by atomic mass is 16.2. The molecule has 3 aromatic heterocycles. The molecule has 0 saturated carbocycles. The minimum atomic E-state index is -0.302. The third kappa shape index (κ3) is 2.82. The molecule has 0 radical (unpaired) electrons. The van der Waals surface area contributed by atoms with Crippen molar-refractivity contribution in [1.82, 2.24) is 24.5 Å². The molecule has 6 heteroatoms. The highest BCUT2D eigenvalue weighted by molar-refractivity contribution is 5.99. The van der Waals surface area contributed by atoms with Gasteiger partial charge in [0.15, 0.2) is 5.65 Å². The lowest BCUT2D eigenvalue weighted by Gasteiger charge is -2.28. The van der Waals surface area contributed by atoms with E-state index in [1.165, 1.54) is 0 Å². The van der Waals surface area contributed by atoms with Crippen LogP contribution in [-0.4, -0.2) is 37.4 Å². The zero-order valence-corrected chi connectivity index (χ0v) is 14.2. The zero-order valence-electron chi connectivity index (χ0n) is 14.2. The molecule has 0 aliphatic rings. The predicted molar refractivity (Wildman–Crippen MR) is 97.6 cm³/mol. The average molecular weight is 343 g/mol. The van der Waals surface area contributed by atoms with Gasteiger partial charge in [0.25, 0.3) is 5.91 Å². The van der Waals surface area contributed by atoms with E-state index in [9.17, 15) is 4.79 Å². The average Bonchev–Trinajstić information content (AvgIpc) is 3.13. The molecule has 0 aliphatic carbocycles. The summed E-state index contributed by atoms with van der Waals surface area (Å²) in [5.74, 6) is -0.154. The van der Waals surface area contributed by atoms with Gasteiger partial charge in [-0.05, 0) is 23.8 Å². The Hall–Kier alpha value is -3.54. The van der Waals surface area contributed by atoms with Crippen molar-refractivity contribution in [2.45, 2.75) is 6.04 Å². The quantitative estimate of drug-likeness (QED) is 0.571. The second-order valence-electron chi connectivity index (χ2n) is 5.93. The monoisotopic (exact) mass is 343 g/mol. The molecule has 0 bridgehead atoms. The molecule has 0 saturated heterocycles. The maximum Gasteiger partial charge on any atom is 0.259 e. The first-order chi connectivity index (χ1) is 12.8. The van der Waals surface area contributed by atoms with Crippen LogP contribution in [-0.2, 0) is 0 Å². The van der Waals surface area contributed by atoms with Gasteiger partial charge in [-0.25, -0.2) is 9.50 Å². The van der Waals surface area contributed by atoms with Crippen molar-refractivity contribution in [2.75, 3.05) is 7.05 Å². The van der Waals surface area contributed by atoms with E-state index in [4.69, 9.17) is 0 Å². The van der Waals surface area contributed by atoms with Crippen molar-refractivity contribution in [3.63, 3.8) is 0 Å². The first-order valence-corrected chi connectivity index (χ1v) is 8.27. The molecule has 1 amide bonds. The Labute approximate surface area is 150 Å². The number of aromatic nitrogens is 4. The lowest BCUT2D eigenvalue weighted by molar-refractivity contribution is 0.0754. The summed E-state index contributed by atoms with van der Waals surface area (Å²) >= 11 is 0. The second-order valence-corrected chi connectivity index (χ2v) is 5.93. The number of carbonyl (C=O) groups excluding carboxylic acids is 1. The van der Waals surface area contributed by atoms with Gasteiger partial charge in [-0.3, -0.25) is 9.78 Å². The summed E-state index contributed by atoms with van der Waals surface area (Å²) in [6, 6.07) is 17.1. The Balaban J connectivity index is 1.77. The summed E-state index contributed by atoms with van der Waals surface area (Å²) in [5.41, 5.74) is 2.80. The topological polar surface area (TPSA) is 63.4 Å². The van der Waals surface area contributed by atoms with Crippen molar-refractivity contribution >= 4 is 11.6 Å². The molecule has 4 aromatic rings. The summed E-state index contributed by atoms with van der Waals surface area (Å²) < 4.78 is 1.60. The Kier molecular flexibility index (Phi) is 4.15. The van der Waals surface area contributed by atoms with E-state index < -0.39 is 0 Å². The van der Waals surface area contributed by atoms with Crippen molar-refractivity contribution in [3.8, 4) is 0 Å². The molecule has 0 N–H and O–H groups in total. The zero-order chi connectivity index (χ0) is 17.9. The van der Waals surface area contributed by atoms with E-state index in [0.717, 1.165) is 11.3 Å². The molecule has 6 nitrogen and oxygen atoms in total. The molecule has 26 heavy (non-hydrogen) atoms. The van der Waals surface area contributed by atoms with Gasteiger partial charge >= 0.3 is 0 Å². The fourth-order valence-electron chi connectivity index (χ4n) is 3.05. The number of carbonyl (C=O) groups is 1. The Morgan fingerprint density at radius 1 is 1.00 bits per heavy atom. The van der Waals surface area contributed by atoms with Crippen LogP contribution in [0.5, 0.6) is 0 Å². The lowest BCUT2D eigenvalue weighted by atomic mass is 10.0. The van der Waals surface area contributed by atoms with Crippen LogP contribution < -0.4 is 0 Å². The van der Waals surface area contributed by atoms with Crippen molar-refractivity contribution < 1.29 is 4.79 Å². The third-order valence-corrected chi connectivity index (χ3v) is 4.30. The van der Waals surface area contributed by atoms with Crippen LogP contribution in [0.1, 0.15) is 27.7 Å². The van der Waals surface area contributed by atoms with Crippen LogP contribution in [0.3, 0.4) is 0 Å². The summed E-state index contributed by atoms with van der Waals surface area (Å²) in [4.78, 5) is 23.7. The molecule has 0 unspecified atom stereocenters. The van der Waals surface area contributed by atoms with Crippen LogP contribution in [0, 0.1) is 0 Å². The molecule has 1 aromatic carbocycles.